The van der Waals surface area contributed by atoms with Gasteiger partial charge in [0.15, 0.2) is 5.69 Å². The number of nitrogens with zero attached hydrogens (tertiary/aromatic N) is 2. The SMILES string of the molecule is N#Cc1ncccc1S(=O)(=O)NCc1ccoc1. The van der Waals surface area contributed by atoms with E-state index in [9.17, 15) is 8.42 Å². The van der Waals surface area contributed by atoms with E-state index in [1.54, 1.807) is 12.1 Å². The van der Waals surface area contributed by atoms with Crippen LogP contribution in [0.3, 0.4) is 0 Å². The van der Waals surface area contributed by atoms with Crippen molar-refractivity contribution in [3.8, 4) is 6.07 Å². The Labute approximate surface area is 104 Å². The minimum Gasteiger partial charge on any atom is -0.472 e. The summed E-state index contributed by atoms with van der Waals surface area (Å²) in [6.07, 6.45) is 4.26. The fourth-order valence-electron chi connectivity index (χ4n) is 1.34. The Balaban J connectivity index is 2.23. The maximum atomic E-state index is 12.0. The van der Waals surface area contributed by atoms with Gasteiger partial charge in [-0.2, -0.15) is 5.26 Å². The molecule has 0 unspecified atom stereocenters. The molecule has 0 saturated carbocycles. The molecule has 0 fully saturated rings. The van der Waals surface area contributed by atoms with Crippen molar-refractivity contribution in [2.45, 2.75) is 11.4 Å². The predicted molar refractivity (Wildman–Crippen MR) is 61.7 cm³/mol. The summed E-state index contributed by atoms with van der Waals surface area (Å²) in [5, 5.41) is 8.81. The topological polar surface area (TPSA) is 96.0 Å². The van der Waals surface area contributed by atoms with Gasteiger partial charge < -0.3 is 4.42 Å². The smallest absolute Gasteiger partial charge is 0.243 e. The molecule has 0 spiro atoms. The largest absolute Gasteiger partial charge is 0.472 e. The molecular weight excluding hydrogens is 254 g/mol. The van der Waals surface area contributed by atoms with Crippen molar-refractivity contribution in [3.05, 3.63) is 48.2 Å². The van der Waals surface area contributed by atoms with Gasteiger partial charge in [0, 0.05) is 18.3 Å². The Morgan fingerprint density at radius 2 is 2.28 bits per heavy atom. The molecule has 18 heavy (non-hydrogen) atoms. The fraction of sp³-hybridized carbons (Fsp3) is 0.0909. The van der Waals surface area contributed by atoms with Crippen LogP contribution in [0, 0.1) is 11.3 Å². The summed E-state index contributed by atoms with van der Waals surface area (Å²) in [5.41, 5.74) is 0.568. The van der Waals surface area contributed by atoms with Gasteiger partial charge in [0.25, 0.3) is 0 Å². The first-order valence-corrected chi connectivity index (χ1v) is 6.47. The van der Waals surface area contributed by atoms with Crippen molar-refractivity contribution in [1.82, 2.24) is 9.71 Å². The number of nitriles is 1. The second-order valence-electron chi connectivity index (χ2n) is 3.42. The number of rotatable bonds is 4. The monoisotopic (exact) mass is 263 g/mol. The van der Waals surface area contributed by atoms with Crippen LogP contribution < -0.4 is 4.72 Å². The van der Waals surface area contributed by atoms with E-state index < -0.39 is 10.0 Å². The van der Waals surface area contributed by atoms with E-state index in [0.717, 1.165) is 0 Å². The molecule has 0 saturated heterocycles. The summed E-state index contributed by atoms with van der Waals surface area (Å²) < 4.78 is 31.2. The first-order chi connectivity index (χ1) is 8.63. The highest BCUT2D eigenvalue weighted by Crippen LogP contribution is 2.12. The molecule has 0 aliphatic rings. The number of hydrogen-bond acceptors (Lipinski definition) is 5. The molecule has 92 valence electrons. The van der Waals surface area contributed by atoms with Crippen LogP contribution in [0.2, 0.25) is 0 Å². The van der Waals surface area contributed by atoms with Crippen LogP contribution in [0.1, 0.15) is 11.3 Å². The first kappa shape index (κ1) is 12.3. The van der Waals surface area contributed by atoms with Crippen LogP contribution in [-0.2, 0) is 16.6 Å². The third-order valence-electron chi connectivity index (χ3n) is 2.21. The second-order valence-corrected chi connectivity index (χ2v) is 5.15. The van der Waals surface area contributed by atoms with E-state index in [4.69, 9.17) is 9.68 Å². The molecule has 2 aromatic heterocycles. The molecule has 0 amide bonds. The molecule has 0 aliphatic heterocycles. The van der Waals surface area contributed by atoms with E-state index in [1.807, 2.05) is 0 Å². The minimum absolute atomic E-state index is 0.0958. The normalized spacial score (nSPS) is 11.1. The fourth-order valence-corrected chi connectivity index (χ4v) is 2.46. The minimum atomic E-state index is -3.76. The standard InChI is InChI=1S/C11H9N3O3S/c12-6-10-11(2-1-4-13-10)18(15,16)14-7-9-3-5-17-8-9/h1-5,8,14H,7H2. The average Bonchev–Trinajstić information content (AvgIpc) is 2.89. The van der Waals surface area contributed by atoms with Gasteiger partial charge in [-0.3, -0.25) is 0 Å². The lowest BCUT2D eigenvalue weighted by atomic mass is 10.4. The quantitative estimate of drug-likeness (QED) is 0.888. The van der Waals surface area contributed by atoms with E-state index in [2.05, 4.69) is 9.71 Å². The van der Waals surface area contributed by atoms with Crippen molar-refractivity contribution in [2.75, 3.05) is 0 Å². The van der Waals surface area contributed by atoms with Crippen LogP contribution in [-0.4, -0.2) is 13.4 Å². The van der Waals surface area contributed by atoms with Gasteiger partial charge in [-0.25, -0.2) is 18.1 Å². The number of aromatic nitrogens is 1. The molecule has 6 nitrogen and oxygen atoms in total. The lowest BCUT2D eigenvalue weighted by molar-refractivity contribution is 0.561. The molecule has 2 rings (SSSR count). The van der Waals surface area contributed by atoms with Crippen LogP contribution in [0.4, 0.5) is 0 Å². The highest BCUT2D eigenvalue weighted by atomic mass is 32.2. The van der Waals surface area contributed by atoms with Gasteiger partial charge in [0.2, 0.25) is 10.0 Å². The predicted octanol–water partition coefficient (Wildman–Crippen LogP) is 1.02. The van der Waals surface area contributed by atoms with E-state index in [-0.39, 0.29) is 17.1 Å². The van der Waals surface area contributed by atoms with Crippen LogP contribution >= 0.6 is 0 Å². The Morgan fingerprint density at radius 1 is 1.44 bits per heavy atom. The van der Waals surface area contributed by atoms with Gasteiger partial charge >= 0.3 is 0 Å². The van der Waals surface area contributed by atoms with Crippen LogP contribution in [0.25, 0.3) is 0 Å². The zero-order valence-electron chi connectivity index (χ0n) is 9.20. The van der Waals surface area contributed by atoms with Crippen molar-refractivity contribution in [1.29, 1.82) is 5.26 Å². The maximum absolute atomic E-state index is 12.0. The summed E-state index contributed by atoms with van der Waals surface area (Å²) >= 11 is 0. The highest BCUT2D eigenvalue weighted by molar-refractivity contribution is 7.89. The summed E-state index contributed by atoms with van der Waals surface area (Å²) in [4.78, 5) is 3.58. The maximum Gasteiger partial charge on any atom is 0.243 e. The van der Waals surface area contributed by atoms with Gasteiger partial charge in [-0.15, -0.1) is 0 Å². The number of sulfonamides is 1. The zero-order chi connectivity index (χ0) is 13.0. The number of hydrogen-bond donors (Lipinski definition) is 1. The lowest BCUT2D eigenvalue weighted by Gasteiger charge is -2.06. The van der Waals surface area contributed by atoms with E-state index in [1.165, 1.54) is 30.9 Å². The molecule has 0 atom stereocenters. The van der Waals surface area contributed by atoms with Crippen molar-refractivity contribution in [3.63, 3.8) is 0 Å². The van der Waals surface area contributed by atoms with Crippen molar-refractivity contribution >= 4 is 10.0 Å². The Morgan fingerprint density at radius 3 is 2.94 bits per heavy atom. The van der Waals surface area contributed by atoms with Crippen LogP contribution in [0.5, 0.6) is 0 Å². The van der Waals surface area contributed by atoms with E-state index in [0.29, 0.717) is 5.56 Å². The molecule has 2 aromatic rings. The first-order valence-electron chi connectivity index (χ1n) is 4.99. The van der Waals surface area contributed by atoms with Gasteiger partial charge in [0.1, 0.15) is 11.0 Å². The Hall–Kier alpha value is -2.17. The van der Waals surface area contributed by atoms with Crippen molar-refractivity contribution < 1.29 is 12.8 Å². The zero-order valence-corrected chi connectivity index (χ0v) is 10.0. The van der Waals surface area contributed by atoms with Crippen molar-refractivity contribution in [2.24, 2.45) is 0 Å². The van der Waals surface area contributed by atoms with Gasteiger partial charge in [0.05, 0.1) is 12.5 Å². The number of pyridine rings is 1. The Kier molecular flexibility index (Phi) is 3.41. The number of nitrogens with one attached hydrogen (secondary N) is 1. The van der Waals surface area contributed by atoms with Crippen LogP contribution in [0.15, 0.2) is 46.2 Å². The molecule has 0 aromatic carbocycles. The third kappa shape index (κ3) is 2.56. The second kappa shape index (κ2) is 5.00. The summed E-state index contributed by atoms with van der Waals surface area (Å²) in [6, 6.07) is 6.20. The molecule has 0 radical (unpaired) electrons. The Bertz CT molecular complexity index is 672. The van der Waals surface area contributed by atoms with Gasteiger partial charge in [-0.1, -0.05) is 0 Å². The molecule has 0 bridgehead atoms. The third-order valence-corrected chi connectivity index (χ3v) is 3.65. The summed E-state index contributed by atoms with van der Waals surface area (Å²) in [5.74, 6) is 0. The molecule has 0 aliphatic carbocycles. The molecule has 2 heterocycles. The molecule has 7 heteroatoms. The van der Waals surface area contributed by atoms with E-state index >= 15 is 0 Å². The summed E-state index contributed by atoms with van der Waals surface area (Å²) in [6.45, 7) is 0.0958. The number of furan rings is 1. The summed E-state index contributed by atoms with van der Waals surface area (Å²) in [7, 11) is -3.76. The lowest BCUT2D eigenvalue weighted by Crippen LogP contribution is -2.24. The molecule has 1 N–H and O–H groups in total. The average molecular weight is 263 g/mol. The molecular formula is C11H9N3O3S. The van der Waals surface area contributed by atoms with Gasteiger partial charge in [-0.05, 0) is 18.2 Å². The highest BCUT2D eigenvalue weighted by Gasteiger charge is 2.18.